The van der Waals surface area contributed by atoms with Gasteiger partial charge in [-0.3, -0.25) is 0 Å². The molecule has 2 heteroatoms. The molecule has 1 N–H and O–H groups in total. The minimum Gasteiger partial charge on any atom is -0.368 e. The van der Waals surface area contributed by atoms with Crippen molar-refractivity contribution >= 4 is 5.69 Å². The lowest BCUT2D eigenvalue weighted by Crippen LogP contribution is -2.46. The molecule has 112 valence electrons. The Morgan fingerprint density at radius 3 is 2.80 bits per heavy atom. The van der Waals surface area contributed by atoms with Crippen molar-refractivity contribution in [3.8, 4) is 0 Å². The van der Waals surface area contributed by atoms with Crippen molar-refractivity contribution in [2.75, 3.05) is 24.5 Å². The number of para-hydroxylation sites is 1. The Hall–Kier alpha value is -1.02. The highest BCUT2D eigenvalue weighted by Gasteiger charge is 2.27. The van der Waals surface area contributed by atoms with Gasteiger partial charge in [-0.1, -0.05) is 39.0 Å². The van der Waals surface area contributed by atoms with Crippen molar-refractivity contribution in [1.82, 2.24) is 5.32 Å². The van der Waals surface area contributed by atoms with Crippen LogP contribution >= 0.6 is 0 Å². The van der Waals surface area contributed by atoms with Crippen LogP contribution in [0.1, 0.15) is 39.7 Å². The number of rotatable bonds is 6. The van der Waals surface area contributed by atoms with Gasteiger partial charge in [-0.2, -0.15) is 0 Å². The van der Waals surface area contributed by atoms with Crippen LogP contribution in [0.2, 0.25) is 0 Å². The van der Waals surface area contributed by atoms with E-state index >= 15 is 0 Å². The molecule has 0 aliphatic carbocycles. The lowest BCUT2D eigenvalue weighted by molar-refractivity contribution is 0.392. The summed E-state index contributed by atoms with van der Waals surface area (Å²) in [4.78, 5) is 2.63. The van der Waals surface area contributed by atoms with Crippen molar-refractivity contribution in [1.29, 1.82) is 0 Å². The molecular formula is C18H30N2. The summed E-state index contributed by atoms with van der Waals surface area (Å²) in [5.41, 5.74) is 2.98. The maximum atomic E-state index is 3.56. The van der Waals surface area contributed by atoms with E-state index in [-0.39, 0.29) is 0 Å². The van der Waals surface area contributed by atoms with Crippen LogP contribution in [0.25, 0.3) is 0 Å². The third-order valence-corrected chi connectivity index (χ3v) is 4.59. The largest absolute Gasteiger partial charge is 0.368 e. The molecule has 2 rings (SSSR count). The summed E-state index contributed by atoms with van der Waals surface area (Å²) in [7, 11) is 0. The molecule has 0 bridgehead atoms. The quantitative estimate of drug-likeness (QED) is 0.796. The minimum atomic E-state index is 0.586. The fraction of sp³-hybridized carbons (Fsp3) is 0.667. The second kappa shape index (κ2) is 7.12. The summed E-state index contributed by atoms with van der Waals surface area (Å²) in [6.07, 6.45) is 2.44. The SMILES string of the molecule is CCCNCC(C)C(C)N1CC(C)Cc2ccccc21. The van der Waals surface area contributed by atoms with Crippen molar-refractivity contribution in [2.45, 2.75) is 46.6 Å². The summed E-state index contributed by atoms with van der Waals surface area (Å²) < 4.78 is 0. The van der Waals surface area contributed by atoms with Gasteiger partial charge in [0.2, 0.25) is 0 Å². The molecule has 1 aliphatic rings. The number of hydrogen-bond donors (Lipinski definition) is 1. The topological polar surface area (TPSA) is 15.3 Å². The van der Waals surface area contributed by atoms with Crippen LogP contribution in [0.4, 0.5) is 5.69 Å². The molecule has 1 heterocycles. The maximum absolute atomic E-state index is 3.56. The Morgan fingerprint density at radius 2 is 2.05 bits per heavy atom. The molecule has 20 heavy (non-hydrogen) atoms. The molecular weight excluding hydrogens is 244 g/mol. The second-order valence-corrected chi connectivity index (χ2v) is 6.51. The third-order valence-electron chi connectivity index (χ3n) is 4.59. The van der Waals surface area contributed by atoms with Crippen LogP contribution in [0, 0.1) is 11.8 Å². The zero-order valence-electron chi connectivity index (χ0n) is 13.5. The van der Waals surface area contributed by atoms with Crippen LogP contribution in [0.5, 0.6) is 0 Å². The highest BCUT2D eigenvalue weighted by atomic mass is 15.2. The van der Waals surface area contributed by atoms with Crippen LogP contribution in [-0.2, 0) is 6.42 Å². The first kappa shape index (κ1) is 15.4. The summed E-state index contributed by atoms with van der Waals surface area (Å²) in [5.74, 6) is 1.42. The molecule has 0 amide bonds. The number of nitrogens with one attached hydrogen (secondary N) is 1. The molecule has 3 unspecified atom stereocenters. The highest BCUT2D eigenvalue weighted by molar-refractivity contribution is 5.56. The van der Waals surface area contributed by atoms with Crippen LogP contribution in [0.15, 0.2) is 24.3 Å². The van der Waals surface area contributed by atoms with Gasteiger partial charge in [-0.05, 0) is 56.3 Å². The Bertz CT molecular complexity index is 416. The van der Waals surface area contributed by atoms with E-state index in [1.54, 1.807) is 0 Å². The van der Waals surface area contributed by atoms with Gasteiger partial charge < -0.3 is 10.2 Å². The van der Waals surface area contributed by atoms with Crippen LogP contribution in [-0.4, -0.2) is 25.7 Å². The van der Waals surface area contributed by atoms with Crippen LogP contribution < -0.4 is 10.2 Å². The summed E-state index contributed by atoms with van der Waals surface area (Å²) in [6.45, 7) is 12.8. The highest BCUT2D eigenvalue weighted by Crippen LogP contribution is 2.32. The van der Waals surface area contributed by atoms with E-state index in [9.17, 15) is 0 Å². The van der Waals surface area contributed by atoms with E-state index < -0.39 is 0 Å². The molecule has 0 radical (unpaired) electrons. The maximum Gasteiger partial charge on any atom is 0.0401 e. The average Bonchev–Trinajstić information content (AvgIpc) is 2.45. The van der Waals surface area contributed by atoms with Gasteiger partial charge in [0.1, 0.15) is 0 Å². The fourth-order valence-electron chi connectivity index (χ4n) is 3.21. The lowest BCUT2D eigenvalue weighted by atomic mass is 9.90. The smallest absolute Gasteiger partial charge is 0.0401 e. The average molecular weight is 274 g/mol. The van der Waals surface area contributed by atoms with Gasteiger partial charge in [-0.15, -0.1) is 0 Å². The number of nitrogens with zero attached hydrogens (tertiary/aromatic N) is 1. The second-order valence-electron chi connectivity index (χ2n) is 6.51. The predicted octanol–water partition coefficient (Wildman–Crippen LogP) is 3.71. The van der Waals surface area contributed by atoms with E-state index in [4.69, 9.17) is 0 Å². The molecule has 1 aromatic carbocycles. The number of fused-ring (bicyclic) bond motifs is 1. The van der Waals surface area contributed by atoms with Gasteiger partial charge in [-0.25, -0.2) is 0 Å². The van der Waals surface area contributed by atoms with E-state index in [0.717, 1.165) is 19.0 Å². The van der Waals surface area contributed by atoms with Gasteiger partial charge in [0.05, 0.1) is 0 Å². The number of benzene rings is 1. The standard InChI is InChI=1S/C18H30N2/c1-5-10-19-12-15(3)16(4)20-13-14(2)11-17-8-6-7-9-18(17)20/h6-9,14-16,19H,5,10-13H2,1-4H3. The van der Waals surface area contributed by atoms with Crippen LogP contribution in [0.3, 0.4) is 0 Å². The Morgan fingerprint density at radius 1 is 1.30 bits per heavy atom. The first-order valence-corrected chi connectivity index (χ1v) is 8.18. The Kier molecular flexibility index (Phi) is 5.47. The molecule has 0 saturated carbocycles. The van der Waals surface area contributed by atoms with E-state index in [1.165, 1.54) is 30.6 Å². The lowest BCUT2D eigenvalue weighted by Gasteiger charge is -2.41. The molecule has 1 aromatic rings. The molecule has 1 aliphatic heterocycles. The normalized spacial score (nSPS) is 21.4. The molecule has 0 spiro atoms. The Balaban J connectivity index is 2.07. The monoisotopic (exact) mass is 274 g/mol. The van der Waals surface area contributed by atoms with E-state index in [2.05, 4.69) is 62.2 Å². The van der Waals surface area contributed by atoms with Gasteiger partial charge in [0.15, 0.2) is 0 Å². The molecule has 3 atom stereocenters. The molecule has 0 aromatic heterocycles. The zero-order valence-corrected chi connectivity index (χ0v) is 13.5. The van der Waals surface area contributed by atoms with E-state index in [0.29, 0.717) is 12.0 Å². The van der Waals surface area contributed by atoms with Crippen molar-refractivity contribution in [2.24, 2.45) is 11.8 Å². The number of hydrogen-bond acceptors (Lipinski definition) is 2. The van der Waals surface area contributed by atoms with Gasteiger partial charge in [0.25, 0.3) is 0 Å². The van der Waals surface area contributed by atoms with Gasteiger partial charge >= 0.3 is 0 Å². The van der Waals surface area contributed by atoms with Crippen molar-refractivity contribution in [3.05, 3.63) is 29.8 Å². The summed E-state index contributed by atoms with van der Waals surface area (Å²) in [6, 6.07) is 9.53. The Labute approximate surface area is 124 Å². The van der Waals surface area contributed by atoms with E-state index in [1.807, 2.05) is 0 Å². The van der Waals surface area contributed by atoms with Crippen molar-refractivity contribution in [3.63, 3.8) is 0 Å². The molecule has 2 nitrogen and oxygen atoms in total. The fourth-order valence-corrected chi connectivity index (χ4v) is 3.21. The third kappa shape index (κ3) is 3.54. The number of anilines is 1. The predicted molar refractivity (Wildman–Crippen MR) is 88.4 cm³/mol. The first-order valence-electron chi connectivity index (χ1n) is 8.18. The molecule has 0 saturated heterocycles. The minimum absolute atomic E-state index is 0.586. The zero-order chi connectivity index (χ0) is 14.5. The van der Waals surface area contributed by atoms with Gasteiger partial charge in [0, 0.05) is 18.3 Å². The summed E-state index contributed by atoms with van der Waals surface area (Å²) >= 11 is 0. The summed E-state index contributed by atoms with van der Waals surface area (Å²) in [5, 5.41) is 3.56. The first-order chi connectivity index (χ1) is 9.63. The van der Waals surface area contributed by atoms with Crippen molar-refractivity contribution < 1.29 is 0 Å². The molecule has 0 fully saturated rings.